The van der Waals surface area contributed by atoms with Gasteiger partial charge in [0, 0.05) is 23.9 Å². The minimum Gasteiger partial charge on any atom is -0.481 e. The maximum Gasteiger partial charge on any atom is 0.387 e. The van der Waals surface area contributed by atoms with Gasteiger partial charge >= 0.3 is 12.6 Å². The van der Waals surface area contributed by atoms with E-state index in [-0.39, 0.29) is 51.4 Å². The number of halogens is 3. The average Bonchev–Trinajstić information content (AvgIpc) is 2.79. The van der Waals surface area contributed by atoms with Gasteiger partial charge < -0.3 is 14.2 Å². The lowest BCUT2D eigenvalue weighted by molar-refractivity contribution is -0.142. The van der Waals surface area contributed by atoms with Gasteiger partial charge in [0.2, 0.25) is 0 Å². The van der Waals surface area contributed by atoms with Crippen LogP contribution in [-0.2, 0) is 32.2 Å². The van der Waals surface area contributed by atoms with Crippen molar-refractivity contribution in [3.05, 3.63) is 59.0 Å². The number of sulfone groups is 1. The minimum atomic E-state index is -3.51. The summed E-state index contributed by atoms with van der Waals surface area (Å²) in [6.45, 7) is -2.09. The zero-order chi connectivity index (χ0) is 25.0. The number of aryl methyl sites for hydroxylation is 1. The summed E-state index contributed by atoms with van der Waals surface area (Å²) in [5.41, 5.74) is 0.737. The molecule has 0 unspecified atom stereocenters. The van der Waals surface area contributed by atoms with Crippen LogP contribution in [0.3, 0.4) is 0 Å². The topological polar surface area (TPSA) is 91.8 Å². The number of ether oxygens (including phenoxy) is 3. The SMILES string of the molecule is CCc1nc2c(F)ccc(OCC(=O)OC)c2c(OC(F)F)c1Cc1cccc(S(C)(=O)=O)c1. The van der Waals surface area contributed by atoms with Crippen LogP contribution in [0.5, 0.6) is 11.5 Å². The summed E-state index contributed by atoms with van der Waals surface area (Å²) in [7, 11) is -2.36. The van der Waals surface area contributed by atoms with Crippen LogP contribution in [0, 0.1) is 5.82 Å². The zero-order valence-corrected chi connectivity index (χ0v) is 19.4. The van der Waals surface area contributed by atoms with E-state index in [2.05, 4.69) is 9.72 Å². The molecule has 0 spiro atoms. The van der Waals surface area contributed by atoms with Crippen molar-refractivity contribution in [2.75, 3.05) is 20.0 Å². The summed E-state index contributed by atoms with van der Waals surface area (Å²) >= 11 is 0. The lowest BCUT2D eigenvalue weighted by Crippen LogP contribution is -2.14. The molecule has 0 atom stereocenters. The molecule has 0 fully saturated rings. The zero-order valence-electron chi connectivity index (χ0n) is 18.6. The molecule has 0 aliphatic carbocycles. The van der Waals surface area contributed by atoms with Crippen LogP contribution in [-0.4, -0.2) is 46.0 Å². The molecule has 3 aromatic rings. The molecule has 1 aromatic heterocycles. The Hall–Kier alpha value is -3.34. The van der Waals surface area contributed by atoms with Crippen molar-refractivity contribution < 1.29 is 40.6 Å². The predicted molar refractivity (Wildman–Crippen MR) is 118 cm³/mol. The number of carbonyl (C=O) groups is 1. The molecule has 0 N–H and O–H groups in total. The Labute approximate surface area is 194 Å². The van der Waals surface area contributed by atoms with Crippen molar-refractivity contribution in [3.8, 4) is 11.5 Å². The molecule has 34 heavy (non-hydrogen) atoms. The number of carbonyl (C=O) groups excluding carboxylic acids is 1. The van der Waals surface area contributed by atoms with Crippen molar-refractivity contribution in [3.63, 3.8) is 0 Å². The number of hydrogen-bond donors (Lipinski definition) is 0. The second kappa shape index (κ2) is 10.3. The molecule has 182 valence electrons. The summed E-state index contributed by atoms with van der Waals surface area (Å²) in [5, 5.41) is -0.171. The first-order chi connectivity index (χ1) is 16.0. The van der Waals surface area contributed by atoms with E-state index in [0.29, 0.717) is 5.56 Å². The lowest BCUT2D eigenvalue weighted by Gasteiger charge is -2.19. The fourth-order valence-electron chi connectivity index (χ4n) is 3.46. The number of fused-ring (bicyclic) bond motifs is 1. The Morgan fingerprint density at radius 1 is 1.18 bits per heavy atom. The fraction of sp³-hybridized carbons (Fsp3) is 0.304. The van der Waals surface area contributed by atoms with Crippen molar-refractivity contribution >= 4 is 26.7 Å². The molecule has 0 aliphatic heterocycles. The smallest absolute Gasteiger partial charge is 0.387 e. The fourth-order valence-corrected chi connectivity index (χ4v) is 4.15. The molecule has 0 saturated heterocycles. The minimum absolute atomic E-state index is 0.0233. The number of alkyl halides is 2. The number of hydrogen-bond acceptors (Lipinski definition) is 7. The molecule has 0 bridgehead atoms. The Bertz CT molecular complexity index is 1330. The van der Waals surface area contributed by atoms with E-state index in [0.717, 1.165) is 19.4 Å². The van der Waals surface area contributed by atoms with E-state index in [1.54, 1.807) is 13.0 Å². The molecule has 0 aliphatic rings. The third-order valence-electron chi connectivity index (χ3n) is 5.01. The van der Waals surface area contributed by atoms with Crippen LogP contribution in [0.4, 0.5) is 13.2 Å². The van der Waals surface area contributed by atoms with E-state index in [1.807, 2.05) is 0 Å². The summed E-state index contributed by atoms with van der Waals surface area (Å²) in [6.07, 6.45) is 1.29. The monoisotopic (exact) mass is 497 g/mol. The number of methoxy groups -OCH3 is 1. The largest absolute Gasteiger partial charge is 0.481 e. The number of nitrogens with zero attached hydrogens (tertiary/aromatic N) is 1. The van der Waals surface area contributed by atoms with Gasteiger partial charge in [-0.25, -0.2) is 22.6 Å². The van der Waals surface area contributed by atoms with Crippen molar-refractivity contribution in [1.82, 2.24) is 4.98 Å². The third kappa shape index (κ3) is 5.58. The van der Waals surface area contributed by atoms with Gasteiger partial charge in [-0.05, 0) is 36.2 Å². The molecule has 3 rings (SSSR count). The number of pyridine rings is 1. The first-order valence-corrected chi connectivity index (χ1v) is 12.0. The van der Waals surface area contributed by atoms with E-state index in [4.69, 9.17) is 9.47 Å². The number of rotatable bonds is 9. The Morgan fingerprint density at radius 3 is 2.53 bits per heavy atom. The first kappa shape index (κ1) is 25.3. The van der Waals surface area contributed by atoms with Crippen LogP contribution >= 0.6 is 0 Å². The van der Waals surface area contributed by atoms with Crippen molar-refractivity contribution in [1.29, 1.82) is 0 Å². The van der Waals surface area contributed by atoms with Gasteiger partial charge in [0.25, 0.3) is 0 Å². The molecule has 0 saturated carbocycles. The molecule has 2 aromatic carbocycles. The molecule has 0 amide bonds. The van der Waals surface area contributed by atoms with Crippen LogP contribution in [0.25, 0.3) is 10.9 Å². The third-order valence-corrected chi connectivity index (χ3v) is 6.12. The van der Waals surface area contributed by atoms with Crippen LogP contribution in [0.2, 0.25) is 0 Å². The average molecular weight is 497 g/mol. The Kier molecular flexibility index (Phi) is 7.65. The molecular weight excluding hydrogens is 475 g/mol. The number of benzene rings is 2. The number of esters is 1. The van der Waals surface area contributed by atoms with Crippen molar-refractivity contribution in [2.45, 2.75) is 31.3 Å². The quantitative estimate of drug-likeness (QED) is 0.412. The Morgan fingerprint density at radius 2 is 1.91 bits per heavy atom. The molecule has 7 nitrogen and oxygen atoms in total. The molecule has 11 heteroatoms. The standard InChI is InChI=1S/C23H22F3NO6S/c1-4-17-15(11-13-6-5-7-14(10-13)34(3,29)30)22(33-23(25)26)20-18(32-12-19(28)31-2)9-8-16(24)21(20)27-17/h5-10,23H,4,11-12H2,1-3H3. The first-order valence-electron chi connectivity index (χ1n) is 10.1. The summed E-state index contributed by atoms with van der Waals surface area (Å²) in [6, 6.07) is 8.23. The van der Waals surface area contributed by atoms with Gasteiger partial charge in [-0.3, -0.25) is 0 Å². The molecule has 0 radical (unpaired) electrons. The number of aromatic nitrogens is 1. The van der Waals surface area contributed by atoms with Gasteiger partial charge in [-0.1, -0.05) is 19.1 Å². The van der Waals surface area contributed by atoms with Crippen LogP contribution in [0.1, 0.15) is 23.7 Å². The van der Waals surface area contributed by atoms with Gasteiger partial charge in [-0.15, -0.1) is 0 Å². The summed E-state index contributed by atoms with van der Waals surface area (Å²) in [4.78, 5) is 15.9. The van der Waals surface area contributed by atoms with Gasteiger partial charge in [0.15, 0.2) is 16.4 Å². The van der Waals surface area contributed by atoms with Crippen LogP contribution < -0.4 is 9.47 Å². The van der Waals surface area contributed by atoms with Gasteiger partial charge in [0.05, 0.1) is 17.4 Å². The summed E-state index contributed by atoms with van der Waals surface area (Å²) in [5.74, 6) is -1.98. The van der Waals surface area contributed by atoms with Crippen molar-refractivity contribution in [2.24, 2.45) is 0 Å². The summed E-state index contributed by atoms with van der Waals surface area (Å²) < 4.78 is 80.4. The second-order valence-electron chi connectivity index (χ2n) is 7.33. The highest BCUT2D eigenvalue weighted by Gasteiger charge is 2.24. The highest BCUT2D eigenvalue weighted by molar-refractivity contribution is 7.90. The van der Waals surface area contributed by atoms with E-state index >= 15 is 0 Å². The maximum absolute atomic E-state index is 14.7. The lowest BCUT2D eigenvalue weighted by atomic mass is 9.98. The van der Waals surface area contributed by atoms with Gasteiger partial charge in [0.1, 0.15) is 22.8 Å². The molecule has 1 heterocycles. The normalized spacial score (nSPS) is 11.6. The van der Waals surface area contributed by atoms with Gasteiger partial charge in [-0.2, -0.15) is 8.78 Å². The maximum atomic E-state index is 14.7. The second-order valence-corrected chi connectivity index (χ2v) is 9.34. The molecular formula is C23H22F3NO6S. The Balaban J connectivity index is 2.26. The van der Waals surface area contributed by atoms with E-state index in [1.165, 1.54) is 24.3 Å². The van der Waals surface area contributed by atoms with E-state index in [9.17, 15) is 26.4 Å². The highest BCUT2D eigenvalue weighted by Crippen LogP contribution is 2.40. The highest BCUT2D eigenvalue weighted by atomic mass is 32.2. The predicted octanol–water partition coefficient (Wildman–Crippen LogP) is 4.08. The van der Waals surface area contributed by atoms with E-state index < -0.39 is 34.8 Å². The van der Waals surface area contributed by atoms with Crippen LogP contribution in [0.15, 0.2) is 41.3 Å².